The third-order valence-corrected chi connectivity index (χ3v) is 3.38. The van der Waals surface area contributed by atoms with Gasteiger partial charge in [-0.1, -0.05) is 12.1 Å². The number of rotatable bonds is 3. The Balaban J connectivity index is 1.89. The van der Waals surface area contributed by atoms with E-state index in [0.29, 0.717) is 5.89 Å². The van der Waals surface area contributed by atoms with Crippen molar-refractivity contribution in [1.82, 2.24) is 20.1 Å². The van der Waals surface area contributed by atoms with Crippen molar-refractivity contribution in [2.45, 2.75) is 39.2 Å². The van der Waals surface area contributed by atoms with Crippen LogP contribution in [0.25, 0.3) is 0 Å². The number of aromatic nitrogens is 4. The van der Waals surface area contributed by atoms with Crippen LogP contribution in [0.1, 0.15) is 43.2 Å². The number of nitrogens with zero attached hydrogens (tertiary/aromatic N) is 5. The highest BCUT2D eigenvalue weighted by Crippen LogP contribution is 2.32. The summed E-state index contributed by atoms with van der Waals surface area (Å²) in [7, 11) is 0. The molecular weight excluding hydrogens is 242 g/mol. The summed E-state index contributed by atoms with van der Waals surface area (Å²) in [6, 6.07) is 2.03. The normalized spacial score (nSPS) is 19.1. The molecule has 100 valence electrons. The molecule has 0 radical (unpaired) electrons. The monoisotopic (exact) mass is 259 g/mol. The lowest BCUT2D eigenvalue weighted by molar-refractivity contribution is 0.373. The maximum absolute atomic E-state index is 5.21. The molecule has 0 aliphatic carbocycles. The van der Waals surface area contributed by atoms with Gasteiger partial charge in [0.1, 0.15) is 0 Å². The van der Waals surface area contributed by atoms with E-state index < -0.39 is 0 Å². The average molecular weight is 259 g/mol. The summed E-state index contributed by atoms with van der Waals surface area (Å²) in [5.41, 5.74) is 0.970. The molecule has 1 aliphatic rings. The predicted molar refractivity (Wildman–Crippen MR) is 69.8 cm³/mol. The molecule has 1 aliphatic heterocycles. The molecule has 0 N–H and O–H groups in total. The zero-order valence-corrected chi connectivity index (χ0v) is 11.2. The lowest BCUT2D eigenvalue weighted by Gasteiger charge is -2.21. The lowest BCUT2D eigenvalue weighted by atomic mass is 10.2. The van der Waals surface area contributed by atoms with Gasteiger partial charge in [0.2, 0.25) is 11.8 Å². The van der Waals surface area contributed by atoms with Crippen LogP contribution in [0, 0.1) is 6.92 Å². The molecule has 2 aromatic rings. The zero-order valence-electron chi connectivity index (χ0n) is 11.2. The molecular formula is C13H17N5O. The van der Waals surface area contributed by atoms with Crippen molar-refractivity contribution in [2.75, 3.05) is 11.4 Å². The standard InChI is InChI=1S/C13H17N5O/c1-3-11-16-12(17-19-11)10-5-4-8-18(10)13-14-7-6-9(2)15-13/h6-7,10H,3-5,8H2,1-2H3/t10-/m1/s1. The van der Waals surface area contributed by atoms with Crippen LogP contribution >= 0.6 is 0 Å². The second-order valence-electron chi connectivity index (χ2n) is 4.75. The summed E-state index contributed by atoms with van der Waals surface area (Å²) in [6.45, 7) is 4.91. The molecule has 3 heterocycles. The third kappa shape index (κ3) is 2.30. The first-order chi connectivity index (χ1) is 9.28. The van der Waals surface area contributed by atoms with Crippen LogP contribution in [0.4, 0.5) is 5.95 Å². The summed E-state index contributed by atoms with van der Waals surface area (Å²) < 4.78 is 5.21. The van der Waals surface area contributed by atoms with Crippen molar-refractivity contribution in [3.63, 3.8) is 0 Å². The minimum Gasteiger partial charge on any atom is -0.339 e. The Bertz CT molecular complexity index is 568. The number of aryl methyl sites for hydroxylation is 2. The molecule has 19 heavy (non-hydrogen) atoms. The van der Waals surface area contributed by atoms with Gasteiger partial charge in [-0.25, -0.2) is 9.97 Å². The Hall–Kier alpha value is -1.98. The fourth-order valence-electron chi connectivity index (χ4n) is 2.40. The van der Waals surface area contributed by atoms with Crippen LogP contribution in [0.3, 0.4) is 0 Å². The first-order valence-electron chi connectivity index (χ1n) is 6.66. The molecule has 1 atom stereocenters. The predicted octanol–water partition coefficient (Wildman–Crippen LogP) is 2.07. The summed E-state index contributed by atoms with van der Waals surface area (Å²) in [4.78, 5) is 15.4. The van der Waals surface area contributed by atoms with E-state index in [1.54, 1.807) is 6.20 Å². The number of hydrogen-bond acceptors (Lipinski definition) is 6. The third-order valence-electron chi connectivity index (χ3n) is 3.38. The van der Waals surface area contributed by atoms with Gasteiger partial charge in [-0.3, -0.25) is 0 Å². The Kier molecular flexibility index (Phi) is 3.15. The Morgan fingerprint density at radius 3 is 3.05 bits per heavy atom. The van der Waals surface area contributed by atoms with Crippen molar-refractivity contribution in [1.29, 1.82) is 0 Å². The molecule has 2 aromatic heterocycles. The molecule has 3 rings (SSSR count). The van der Waals surface area contributed by atoms with E-state index in [-0.39, 0.29) is 6.04 Å². The topological polar surface area (TPSA) is 67.9 Å². The SMILES string of the molecule is CCc1nc([C@H]2CCCN2c2nccc(C)n2)no1. The first-order valence-corrected chi connectivity index (χ1v) is 6.66. The van der Waals surface area contributed by atoms with Crippen molar-refractivity contribution < 1.29 is 4.52 Å². The van der Waals surface area contributed by atoms with Crippen LogP contribution in [0.15, 0.2) is 16.8 Å². The van der Waals surface area contributed by atoms with Gasteiger partial charge in [-0.15, -0.1) is 0 Å². The van der Waals surface area contributed by atoms with Gasteiger partial charge in [-0.05, 0) is 25.8 Å². The van der Waals surface area contributed by atoms with Gasteiger partial charge in [0.15, 0.2) is 5.82 Å². The Morgan fingerprint density at radius 1 is 1.42 bits per heavy atom. The van der Waals surface area contributed by atoms with E-state index in [2.05, 4.69) is 25.0 Å². The van der Waals surface area contributed by atoms with Crippen molar-refractivity contribution >= 4 is 5.95 Å². The van der Waals surface area contributed by atoms with E-state index in [1.807, 2.05) is 19.9 Å². The largest absolute Gasteiger partial charge is 0.339 e. The minimum atomic E-state index is 0.130. The average Bonchev–Trinajstić information content (AvgIpc) is 3.07. The van der Waals surface area contributed by atoms with Crippen LogP contribution < -0.4 is 4.90 Å². The minimum absolute atomic E-state index is 0.130. The van der Waals surface area contributed by atoms with E-state index in [1.165, 1.54) is 0 Å². The smallest absolute Gasteiger partial charge is 0.226 e. The molecule has 6 nitrogen and oxygen atoms in total. The van der Waals surface area contributed by atoms with Crippen molar-refractivity contribution in [3.05, 3.63) is 29.7 Å². The van der Waals surface area contributed by atoms with E-state index in [0.717, 1.165) is 43.3 Å². The van der Waals surface area contributed by atoms with E-state index in [4.69, 9.17) is 4.52 Å². The molecule has 6 heteroatoms. The highest BCUT2D eigenvalue weighted by atomic mass is 16.5. The quantitative estimate of drug-likeness (QED) is 0.840. The summed E-state index contributed by atoms with van der Waals surface area (Å²) >= 11 is 0. The molecule has 1 fully saturated rings. The van der Waals surface area contributed by atoms with Gasteiger partial charge in [0, 0.05) is 24.9 Å². The molecule has 1 saturated heterocycles. The highest BCUT2D eigenvalue weighted by molar-refractivity contribution is 5.35. The van der Waals surface area contributed by atoms with Gasteiger partial charge in [-0.2, -0.15) is 4.98 Å². The fraction of sp³-hybridized carbons (Fsp3) is 0.538. The molecule has 0 amide bonds. The van der Waals surface area contributed by atoms with Crippen molar-refractivity contribution in [3.8, 4) is 0 Å². The zero-order chi connectivity index (χ0) is 13.2. The second kappa shape index (κ2) is 4.95. The van der Waals surface area contributed by atoms with Gasteiger partial charge in [0.25, 0.3) is 0 Å². The number of hydrogen-bond donors (Lipinski definition) is 0. The summed E-state index contributed by atoms with van der Waals surface area (Å²) in [6.07, 6.45) is 4.67. The van der Waals surface area contributed by atoms with Gasteiger partial charge >= 0.3 is 0 Å². The molecule has 0 spiro atoms. The van der Waals surface area contributed by atoms with Crippen LogP contribution in [0.5, 0.6) is 0 Å². The van der Waals surface area contributed by atoms with Gasteiger partial charge in [0.05, 0.1) is 6.04 Å². The lowest BCUT2D eigenvalue weighted by Crippen LogP contribution is -2.25. The highest BCUT2D eigenvalue weighted by Gasteiger charge is 2.31. The van der Waals surface area contributed by atoms with E-state index >= 15 is 0 Å². The summed E-state index contributed by atoms with van der Waals surface area (Å²) in [5.74, 6) is 2.19. The van der Waals surface area contributed by atoms with Gasteiger partial charge < -0.3 is 9.42 Å². The van der Waals surface area contributed by atoms with Crippen LogP contribution in [-0.4, -0.2) is 26.7 Å². The maximum atomic E-state index is 5.21. The Morgan fingerprint density at radius 2 is 2.32 bits per heavy atom. The number of anilines is 1. The van der Waals surface area contributed by atoms with Crippen LogP contribution in [0.2, 0.25) is 0 Å². The van der Waals surface area contributed by atoms with Crippen molar-refractivity contribution in [2.24, 2.45) is 0 Å². The Labute approximate surface area is 111 Å². The molecule has 0 aromatic carbocycles. The molecule has 0 bridgehead atoms. The molecule has 0 saturated carbocycles. The van der Waals surface area contributed by atoms with Crippen LogP contribution in [-0.2, 0) is 6.42 Å². The second-order valence-corrected chi connectivity index (χ2v) is 4.75. The van der Waals surface area contributed by atoms with E-state index in [9.17, 15) is 0 Å². The first kappa shape index (κ1) is 12.1. The fourth-order valence-corrected chi connectivity index (χ4v) is 2.40. The summed E-state index contributed by atoms with van der Waals surface area (Å²) in [5, 5.41) is 4.08. The maximum Gasteiger partial charge on any atom is 0.226 e. The molecule has 0 unspecified atom stereocenters.